The fraction of sp³-hybridized carbons (Fsp3) is 0.263. The van der Waals surface area contributed by atoms with E-state index in [0.717, 1.165) is 16.3 Å². The predicted octanol–water partition coefficient (Wildman–Crippen LogP) is 2.30. The Morgan fingerprint density at radius 2 is 2.07 bits per heavy atom. The van der Waals surface area contributed by atoms with Gasteiger partial charge in [-0.15, -0.1) is 11.8 Å². The number of amides is 2. The lowest BCUT2D eigenvalue weighted by Crippen LogP contribution is -2.30. The molecule has 0 bridgehead atoms. The van der Waals surface area contributed by atoms with Crippen molar-refractivity contribution >= 4 is 29.3 Å². The number of aromatic nitrogens is 4. The summed E-state index contributed by atoms with van der Waals surface area (Å²) in [6.07, 6.45) is 3.19. The van der Waals surface area contributed by atoms with E-state index in [2.05, 4.69) is 20.6 Å². The third kappa shape index (κ3) is 5.71. The van der Waals surface area contributed by atoms with Crippen molar-refractivity contribution in [3.8, 4) is 0 Å². The van der Waals surface area contributed by atoms with Crippen molar-refractivity contribution in [3.05, 3.63) is 60.2 Å². The highest BCUT2D eigenvalue weighted by atomic mass is 32.2. The van der Waals surface area contributed by atoms with E-state index in [0.29, 0.717) is 18.0 Å². The fourth-order valence-corrected chi connectivity index (χ4v) is 3.24. The minimum atomic E-state index is -0.120. The van der Waals surface area contributed by atoms with Gasteiger partial charge in [0.1, 0.15) is 6.54 Å². The van der Waals surface area contributed by atoms with Gasteiger partial charge < -0.3 is 10.2 Å². The van der Waals surface area contributed by atoms with Gasteiger partial charge >= 0.3 is 0 Å². The first kappa shape index (κ1) is 19.7. The van der Waals surface area contributed by atoms with Crippen molar-refractivity contribution in [2.75, 3.05) is 18.1 Å². The third-order valence-corrected chi connectivity index (χ3v) is 4.92. The Hall–Kier alpha value is -3.07. The molecule has 28 heavy (non-hydrogen) atoms. The van der Waals surface area contributed by atoms with E-state index in [1.54, 1.807) is 18.1 Å². The van der Waals surface area contributed by atoms with E-state index in [9.17, 15) is 9.59 Å². The van der Waals surface area contributed by atoms with E-state index in [1.807, 2.05) is 43.3 Å². The zero-order valence-corrected chi connectivity index (χ0v) is 16.6. The molecule has 0 radical (unpaired) electrons. The molecule has 1 aromatic carbocycles. The summed E-state index contributed by atoms with van der Waals surface area (Å²) in [7, 11) is 1.72. The molecule has 2 N–H and O–H groups in total. The molecule has 2 heterocycles. The Kier molecular flexibility index (Phi) is 6.49. The van der Waals surface area contributed by atoms with E-state index in [-0.39, 0.29) is 18.4 Å². The van der Waals surface area contributed by atoms with Gasteiger partial charge in [-0.05, 0) is 25.1 Å². The standard InChI is InChI=1S/C19H22N6O2S/c1-14-8-15(23-22-14)10-24(2)19(27)12-25-11-16(9-20-25)21-18(26)13-28-17-6-4-3-5-7-17/h3-9,11H,10,12-13H2,1-2H3,(H,21,26)(H,22,23). The lowest BCUT2D eigenvalue weighted by Gasteiger charge is -2.15. The number of carbonyl (C=O) groups is 2. The van der Waals surface area contributed by atoms with Crippen LogP contribution in [0.15, 0.2) is 53.7 Å². The van der Waals surface area contributed by atoms with Gasteiger partial charge in [0.25, 0.3) is 0 Å². The SMILES string of the molecule is Cc1cc(CN(C)C(=O)Cn2cc(NC(=O)CSc3ccccc3)cn2)n[nH]1. The lowest BCUT2D eigenvalue weighted by molar-refractivity contribution is -0.131. The predicted molar refractivity (Wildman–Crippen MR) is 108 cm³/mol. The van der Waals surface area contributed by atoms with Crippen LogP contribution in [0.3, 0.4) is 0 Å². The number of anilines is 1. The molecule has 3 aromatic rings. The van der Waals surface area contributed by atoms with Crippen molar-refractivity contribution in [1.29, 1.82) is 0 Å². The van der Waals surface area contributed by atoms with E-state index in [4.69, 9.17) is 0 Å². The Labute approximate surface area is 167 Å². The van der Waals surface area contributed by atoms with Crippen molar-refractivity contribution < 1.29 is 9.59 Å². The molecule has 2 amide bonds. The van der Waals surface area contributed by atoms with Crippen LogP contribution in [0.4, 0.5) is 5.69 Å². The number of likely N-dealkylation sites (N-methyl/N-ethyl adjacent to an activating group) is 1. The Balaban J connectivity index is 1.46. The Morgan fingerprint density at radius 1 is 1.29 bits per heavy atom. The van der Waals surface area contributed by atoms with Gasteiger partial charge in [-0.1, -0.05) is 18.2 Å². The van der Waals surface area contributed by atoms with Crippen molar-refractivity contribution in [1.82, 2.24) is 24.9 Å². The molecule has 0 fully saturated rings. The molecule has 146 valence electrons. The van der Waals surface area contributed by atoms with Crippen molar-refractivity contribution in [2.45, 2.75) is 24.9 Å². The average Bonchev–Trinajstić information content (AvgIpc) is 3.29. The third-order valence-electron chi connectivity index (χ3n) is 3.91. The van der Waals surface area contributed by atoms with Crippen molar-refractivity contribution in [3.63, 3.8) is 0 Å². The number of carbonyl (C=O) groups excluding carboxylic acids is 2. The number of aromatic amines is 1. The zero-order chi connectivity index (χ0) is 19.9. The van der Waals surface area contributed by atoms with Crippen LogP contribution in [0.25, 0.3) is 0 Å². The summed E-state index contributed by atoms with van der Waals surface area (Å²) in [6.45, 7) is 2.43. The lowest BCUT2D eigenvalue weighted by atomic mass is 10.3. The monoisotopic (exact) mass is 398 g/mol. The second-order valence-corrected chi connectivity index (χ2v) is 7.42. The second-order valence-electron chi connectivity index (χ2n) is 6.37. The molecular formula is C19H22N6O2S. The van der Waals surface area contributed by atoms with Gasteiger partial charge in [0.15, 0.2) is 0 Å². The molecule has 9 heteroatoms. The molecule has 0 aliphatic rings. The average molecular weight is 398 g/mol. The van der Waals surface area contributed by atoms with Gasteiger partial charge in [0, 0.05) is 23.8 Å². The molecule has 0 unspecified atom stereocenters. The molecule has 0 aliphatic carbocycles. The first-order valence-corrected chi connectivity index (χ1v) is 9.73. The molecular weight excluding hydrogens is 376 g/mol. The highest BCUT2D eigenvalue weighted by Gasteiger charge is 2.13. The number of benzene rings is 1. The Bertz CT molecular complexity index is 937. The molecule has 3 rings (SSSR count). The fourth-order valence-electron chi connectivity index (χ4n) is 2.52. The van der Waals surface area contributed by atoms with Crippen LogP contribution in [0.1, 0.15) is 11.4 Å². The number of aryl methyl sites for hydroxylation is 1. The molecule has 0 saturated heterocycles. The zero-order valence-electron chi connectivity index (χ0n) is 15.8. The molecule has 0 atom stereocenters. The molecule has 0 aliphatic heterocycles. The number of hydrogen-bond donors (Lipinski definition) is 2. The summed E-state index contributed by atoms with van der Waals surface area (Å²) in [6, 6.07) is 11.6. The topological polar surface area (TPSA) is 95.9 Å². The number of hydrogen-bond acceptors (Lipinski definition) is 5. The van der Waals surface area contributed by atoms with Crippen LogP contribution < -0.4 is 5.32 Å². The number of nitrogens with one attached hydrogen (secondary N) is 2. The van der Waals surface area contributed by atoms with Crippen LogP contribution >= 0.6 is 11.8 Å². The minimum absolute atomic E-state index is 0.0918. The number of H-pyrrole nitrogens is 1. The van der Waals surface area contributed by atoms with Gasteiger partial charge in [-0.2, -0.15) is 10.2 Å². The second kappa shape index (κ2) is 9.23. The normalized spacial score (nSPS) is 10.6. The quantitative estimate of drug-likeness (QED) is 0.568. The van der Waals surface area contributed by atoms with Gasteiger partial charge in [-0.3, -0.25) is 19.4 Å². The Morgan fingerprint density at radius 3 is 2.79 bits per heavy atom. The van der Waals surface area contributed by atoms with Gasteiger partial charge in [0.2, 0.25) is 11.8 Å². The smallest absolute Gasteiger partial charge is 0.244 e. The number of thioether (sulfide) groups is 1. The van der Waals surface area contributed by atoms with Crippen LogP contribution in [0.2, 0.25) is 0 Å². The summed E-state index contributed by atoms with van der Waals surface area (Å²) in [4.78, 5) is 27.1. The van der Waals surface area contributed by atoms with Crippen LogP contribution in [0.5, 0.6) is 0 Å². The maximum Gasteiger partial charge on any atom is 0.244 e. The van der Waals surface area contributed by atoms with Crippen LogP contribution in [0, 0.1) is 6.92 Å². The summed E-state index contributed by atoms with van der Waals surface area (Å²) in [5.74, 6) is 0.0898. The van der Waals surface area contributed by atoms with Crippen LogP contribution in [-0.2, 0) is 22.7 Å². The number of nitrogens with zero attached hydrogens (tertiary/aromatic N) is 4. The highest BCUT2D eigenvalue weighted by Crippen LogP contribution is 2.17. The first-order valence-electron chi connectivity index (χ1n) is 8.74. The summed E-state index contributed by atoms with van der Waals surface area (Å²) < 4.78 is 1.51. The molecule has 8 nitrogen and oxygen atoms in total. The summed E-state index contributed by atoms with van der Waals surface area (Å²) in [5.41, 5.74) is 2.32. The summed E-state index contributed by atoms with van der Waals surface area (Å²) >= 11 is 1.46. The van der Waals surface area contributed by atoms with E-state index >= 15 is 0 Å². The highest BCUT2D eigenvalue weighted by molar-refractivity contribution is 8.00. The first-order chi connectivity index (χ1) is 13.5. The van der Waals surface area contributed by atoms with Crippen molar-refractivity contribution in [2.24, 2.45) is 0 Å². The molecule has 0 saturated carbocycles. The van der Waals surface area contributed by atoms with Crippen LogP contribution in [-0.4, -0.2) is 49.5 Å². The largest absolute Gasteiger partial charge is 0.338 e. The maximum absolute atomic E-state index is 12.4. The minimum Gasteiger partial charge on any atom is -0.338 e. The van der Waals surface area contributed by atoms with E-state index < -0.39 is 0 Å². The summed E-state index contributed by atoms with van der Waals surface area (Å²) in [5, 5.41) is 13.9. The van der Waals surface area contributed by atoms with Gasteiger partial charge in [0.05, 0.1) is 29.9 Å². The molecule has 0 spiro atoms. The molecule has 2 aromatic heterocycles. The van der Waals surface area contributed by atoms with E-state index in [1.165, 1.54) is 22.6 Å². The van der Waals surface area contributed by atoms with Gasteiger partial charge in [-0.25, -0.2) is 0 Å². The maximum atomic E-state index is 12.4. The number of rotatable bonds is 8.